The van der Waals surface area contributed by atoms with E-state index >= 15 is 0 Å². The van der Waals surface area contributed by atoms with E-state index in [2.05, 4.69) is 0 Å². The van der Waals surface area contributed by atoms with Gasteiger partial charge >= 0.3 is 0 Å². The van der Waals surface area contributed by atoms with Gasteiger partial charge in [0.1, 0.15) is 4.90 Å². The molecule has 1 N–H and O–H groups in total. The van der Waals surface area contributed by atoms with Crippen molar-refractivity contribution in [3.63, 3.8) is 0 Å². The molecule has 20 heavy (non-hydrogen) atoms. The lowest BCUT2D eigenvalue weighted by Gasteiger charge is -2.19. The van der Waals surface area contributed by atoms with E-state index in [1.807, 2.05) is 18.4 Å². The summed E-state index contributed by atoms with van der Waals surface area (Å²) in [6, 6.07) is 1.73. The summed E-state index contributed by atoms with van der Waals surface area (Å²) in [4.78, 5) is 0.303. The van der Waals surface area contributed by atoms with Crippen LogP contribution in [0.4, 0.5) is 0 Å². The molecule has 0 unspecified atom stereocenters. The molecule has 0 bridgehead atoms. The number of aliphatic hydroxyl groups excluding tert-OH is 1. The zero-order chi connectivity index (χ0) is 14.8. The molecule has 114 valence electrons. The van der Waals surface area contributed by atoms with Crippen LogP contribution in [0, 0.1) is 0 Å². The van der Waals surface area contributed by atoms with E-state index in [1.54, 1.807) is 16.6 Å². The second kappa shape index (κ2) is 6.28. The summed E-state index contributed by atoms with van der Waals surface area (Å²) in [6.07, 6.45) is 5.70. The van der Waals surface area contributed by atoms with Gasteiger partial charge in [0.05, 0.1) is 6.61 Å². The van der Waals surface area contributed by atoms with Crippen LogP contribution >= 0.6 is 0 Å². The van der Waals surface area contributed by atoms with Crippen LogP contribution < -0.4 is 0 Å². The predicted molar refractivity (Wildman–Crippen MR) is 78.0 cm³/mol. The van der Waals surface area contributed by atoms with Crippen LogP contribution in [-0.4, -0.2) is 35.5 Å². The fourth-order valence-electron chi connectivity index (χ4n) is 2.68. The lowest BCUT2D eigenvalue weighted by molar-refractivity contribution is 0.268. The summed E-state index contributed by atoms with van der Waals surface area (Å²) >= 11 is 0. The van der Waals surface area contributed by atoms with Gasteiger partial charge in [-0.3, -0.25) is 0 Å². The van der Waals surface area contributed by atoms with Crippen molar-refractivity contribution in [1.82, 2.24) is 8.87 Å². The lowest BCUT2D eigenvalue weighted by Crippen LogP contribution is -2.31. The van der Waals surface area contributed by atoms with Crippen molar-refractivity contribution in [3.8, 4) is 0 Å². The Morgan fingerprint density at radius 1 is 1.20 bits per heavy atom. The molecule has 0 radical (unpaired) electrons. The number of hydrogen-bond donors (Lipinski definition) is 1. The summed E-state index contributed by atoms with van der Waals surface area (Å²) in [6.45, 7) is 5.00. The molecule has 0 saturated carbocycles. The van der Waals surface area contributed by atoms with Crippen LogP contribution in [0.5, 0.6) is 0 Å². The maximum Gasteiger partial charge on any atom is 0.244 e. The summed E-state index contributed by atoms with van der Waals surface area (Å²) in [7, 11) is -3.43. The van der Waals surface area contributed by atoms with E-state index in [4.69, 9.17) is 0 Å². The molecule has 0 spiro atoms. The molecule has 5 nitrogen and oxygen atoms in total. The van der Waals surface area contributed by atoms with Crippen LogP contribution in [0.15, 0.2) is 17.2 Å². The van der Waals surface area contributed by atoms with Crippen molar-refractivity contribution < 1.29 is 13.5 Å². The van der Waals surface area contributed by atoms with Crippen molar-refractivity contribution in [2.24, 2.45) is 0 Å². The van der Waals surface area contributed by atoms with Gasteiger partial charge in [0.15, 0.2) is 0 Å². The minimum Gasteiger partial charge on any atom is -0.390 e. The second-order valence-electron chi connectivity index (χ2n) is 5.64. The highest BCUT2D eigenvalue weighted by Crippen LogP contribution is 2.24. The number of aliphatic hydroxyl groups is 1. The lowest BCUT2D eigenvalue weighted by atomic mass is 10.2. The van der Waals surface area contributed by atoms with Crippen LogP contribution in [0.25, 0.3) is 0 Å². The quantitative estimate of drug-likeness (QED) is 0.926. The number of aromatic nitrogens is 1. The molecule has 0 aromatic carbocycles. The average Bonchev–Trinajstić information content (AvgIpc) is 2.66. The summed E-state index contributed by atoms with van der Waals surface area (Å²) in [5, 5.41) is 9.37. The van der Waals surface area contributed by atoms with Gasteiger partial charge in [-0.25, -0.2) is 8.42 Å². The van der Waals surface area contributed by atoms with Crippen molar-refractivity contribution in [2.75, 3.05) is 13.1 Å². The van der Waals surface area contributed by atoms with Gasteiger partial charge < -0.3 is 9.67 Å². The van der Waals surface area contributed by atoms with Gasteiger partial charge in [0, 0.05) is 31.0 Å². The molecule has 1 aromatic rings. The van der Waals surface area contributed by atoms with Crippen molar-refractivity contribution in [2.45, 2.75) is 57.1 Å². The van der Waals surface area contributed by atoms with Gasteiger partial charge in [-0.05, 0) is 32.8 Å². The fourth-order valence-corrected chi connectivity index (χ4v) is 4.24. The minimum absolute atomic E-state index is 0.130. The molecule has 0 amide bonds. The topological polar surface area (TPSA) is 62.5 Å². The molecule has 6 heteroatoms. The first kappa shape index (κ1) is 15.5. The van der Waals surface area contributed by atoms with Crippen molar-refractivity contribution in [3.05, 3.63) is 18.0 Å². The summed E-state index contributed by atoms with van der Waals surface area (Å²) in [5.74, 6) is 0. The smallest absolute Gasteiger partial charge is 0.244 e. The Morgan fingerprint density at radius 3 is 2.25 bits per heavy atom. The zero-order valence-electron chi connectivity index (χ0n) is 12.2. The molecule has 0 aliphatic carbocycles. The third-order valence-electron chi connectivity index (χ3n) is 3.83. The number of sulfonamides is 1. The highest BCUT2D eigenvalue weighted by molar-refractivity contribution is 7.89. The molecule has 1 aromatic heterocycles. The minimum atomic E-state index is -3.43. The molecule has 0 atom stereocenters. The van der Waals surface area contributed by atoms with E-state index in [-0.39, 0.29) is 12.6 Å². The number of hydrogen-bond acceptors (Lipinski definition) is 3. The predicted octanol–water partition coefficient (Wildman–Crippen LogP) is 2.13. The summed E-state index contributed by atoms with van der Waals surface area (Å²) < 4.78 is 28.8. The number of nitrogens with zero attached hydrogens (tertiary/aromatic N) is 2. The molecule has 2 rings (SSSR count). The Labute approximate surface area is 121 Å². The van der Waals surface area contributed by atoms with Gasteiger partial charge in [0.2, 0.25) is 10.0 Å². The van der Waals surface area contributed by atoms with E-state index < -0.39 is 10.0 Å². The Morgan fingerprint density at radius 2 is 1.80 bits per heavy atom. The van der Waals surface area contributed by atoms with Crippen LogP contribution in [0.3, 0.4) is 0 Å². The molecule has 1 aliphatic rings. The van der Waals surface area contributed by atoms with Crippen molar-refractivity contribution >= 4 is 10.0 Å². The number of rotatable bonds is 4. The maximum atomic E-state index is 12.7. The van der Waals surface area contributed by atoms with Crippen LogP contribution in [0.2, 0.25) is 0 Å². The molecule has 1 fully saturated rings. The van der Waals surface area contributed by atoms with Crippen LogP contribution in [-0.2, 0) is 16.6 Å². The molecular weight excluding hydrogens is 276 g/mol. The molecule has 2 heterocycles. The normalized spacial score (nSPS) is 18.4. The molecule has 1 aliphatic heterocycles. The highest BCUT2D eigenvalue weighted by Gasteiger charge is 2.27. The van der Waals surface area contributed by atoms with E-state index in [9.17, 15) is 13.5 Å². The Hall–Kier alpha value is -0.850. The molecule has 1 saturated heterocycles. The van der Waals surface area contributed by atoms with Crippen LogP contribution in [0.1, 0.15) is 51.3 Å². The first-order valence-electron chi connectivity index (χ1n) is 7.28. The Bertz CT molecular complexity index is 541. The van der Waals surface area contributed by atoms with Gasteiger partial charge in [-0.15, -0.1) is 0 Å². The largest absolute Gasteiger partial charge is 0.390 e. The zero-order valence-corrected chi connectivity index (χ0v) is 13.1. The second-order valence-corrected chi connectivity index (χ2v) is 7.58. The maximum absolute atomic E-state index is 12.7. The first-order chi connectivity index (χ1) is 9.46. The molecular formula is C14H24N2O3S. The van der Waals surface area contributed by atoms with E-state index in [1.165, 1.54) is 0 Å². The van der Waals surface area contributed by atoms with Crippen molar-refractivity contribution in [1.29, 1.82) is 0 Å². The van der Waals surface area contributed by atoms with Gasteiger partial charge in [-0.2, -0.15) is 4.31 Å². The SMILES string of the molecule is CC(C)n1cc(S(=O)(=O)N2CCCCCC2)cc1CO. The van der Waals surface area contributed by atoms with E-state index in [0.717, 1.165) is 25.7 Å². The Kier molecular flexibility index (Phi) is 4.88. The van der Waals surface area contributed by atoms with E-state index in [0.29, 0.717) is 23.7 Å². The first-order valence-corrected chi connectivity index (χ1v) is 8.72. The van der Waals surface area contributed by atoms with Gasteiger partial charge in [-0.1, -0.05) is 12.8 Å². The standard InChI is InChI=1S/C14H24N2O3S/c1-12(2)16-10-14(9-13(16)11-17)20(18,19)15-7-5-3-4-6-8-15/h9-10,12,17H,3-8,11H2,1-2H3. The van der Waals surface area contributed by atoms with Gasteiger partial charge in [0.25, 0.3) is 0 Å². The third kappa shape index (κ3) is 3.07. The third-order valence-corrected chi connectivity index (χ3v) is 5.69. The average molecular weight is 300 g/mol. The monoisotopic (exact) mass is 300 g/mol. The highest BCUT2D eigenvalue weighted by atomic mass is 32.2. The fraction of sp³-hybridized carbons (Fsp3) is 0.714. The Balaban J connectivity index is 2.33. The summed E-state index contributed by atoms with van der Waals surface area (Å²) in [5.41, 5.74) is 0.647.